The molecule has 1 rings (SSSR count). The van der Waals surface area contributed by atoms with Gasteiger partial charge in [-0.15, -0.1) is 0 Å². The normalized spacial score (nSPS) is 16.5. The molecule has 1 aliphatic heterocycles. The zero-order valence-corrected chi connectivity index (χ0v) is 8.39. The first kappa shape index (κ1) is 8.33. The molecule has 0 aromatic rings. The van der Waals surface area contributed by atoms with E-state index >= 15 is 0 Å². The molecule has 0 aromatic heterocycles. The van der Waals surface area contributed by atoms with Crippen LogP contribution in [0, 0.1) is 0 Å². The lowest BCUT2D eigenvalue weighted by Crippen LogP contribution is -2.16. The average molecular weight is 165 g/mol. The summed E-state index contributed by atoms with van der Waals surface area (Å²) >= 11 is 0. The van der Waals surface area contributed by atoms with E-state index in [4.69, 9.17) is 0 Å². The average Bonchev–Trinajstić information content (AvgIpc) is 1.85. The van der Waals surface area contributed by atoms with E-state index in [1.54, 1.807) is 0 Å². The highest BCUT2D eigenvalue weighted by Gasteiger charge is 2.08. The molecule has 2 heteroatoms. The van der Waals surface area contributed by atoms with Crippen LogP contribution in [0.1, 0.15) is 0 Å². The van der Waals surface area contributed by atoms with Gasteiger partial charge in [-0.25, -0.2) is 0 Å². The molecule has 0 amide bonds. The molecule has 0 bridgehead atoms. The predicted octanol–water partition coefficient (Wildman–Crippen LogP) is 2.42. The topological polar surface area (TPSA) is 12.0 Å². The number of dihydropyridines is 1. The highest BCUT2D eigenvalue weighted by atomic mass is 28.3. The van der Waals surface area contributed by atoms with Crippen molar-refractivity contribution in [3.63, 3.8) is 0 Å². The minimum absolute atomic E-state index is 1.04. The Labute approximate surface area is 69.5 Å². The van der Waals surface area contributed by atoms with Crippen LogP contribution < -0.4 is 5.32 Å². The Bertz CT molecular complexity index is 204. The summed E-state index contributed by atoms with van der Waals surface area (Å²) in [6.07, 6.45) is 8.15. The number of allylic oxidation sites excluding steroid dienone is 3. The summed E-state index contributed by atoms with van der Waals surface area (Å²) in [5.74, 6) is 0. The Kier molecular flexibility index (Phi) is 2.34. The molecule has 0 spiro atoms. The van der Waals surface area contributed by atoms with Gasteiger partial charge in [-0.1, -0.05) is 25.3 Å². The van der Waals surface area contributed by atoms with Crippen LogP contribution >= 0.6 is 0 Å². The minimum Gasteiger partial charge on any atom is -0.368 e. The second kappa shape index (κ2) is 3.09. The number of nitrogens with one attached hydrogen (secondary N) is 1. The summed E-state index contributed by atoms with van der Waals surface area (Å²) in [5.41, 5.74) is 3.73. The molecule has 0 aliphatic carbocycles. The number of rotatable bonds is 1. The van der Waals surface area contributed by atoms with Crippen molar-refractivity contribution in [2.45, 2.75) is 19.6 Å². The maximum atomic E-state index is 3.01. The predicted molar refractivity (Wildman–Crippen MR) is 52.8 cm³/mol. The van der Waals surface area contributed by atoms with Crippen molar-refractivity contribution in [3.05, 3.63) is 35.8 Å². The largest absolute Gasteiger partial charge is 0.368 e. The van der Waals surface area contributed by atoms with E-state index in [0.29, 0.717) is 0 Å². The first-order valence-corrected chi connectivity index (χ1v) is 7.48. The first-order chi connectivity index (χ1) is 5.08. The Morgan fingerprint density at radius 2 is 1.73 bits per heavy atom. The van der Waals surface area contributed by atoms with Gasteiger partial charge >= 0.3 is 0 Å². The third-order valence-electron chi connectivity index (χ3n) is 1.34. The highest BCUT2D eigenvalue weighted by Crippen LogP contribution is 2.10. The molecule has 0 saturated carbocycles. The van der Waals surface area contributed by atoms with E-state index < -0.39 is 8.07 Å². The van der Waals surface area contributed by atoms with Crippen LogP contribution in [0.3, 0.4) is 0 Å². The lowest BCUT2D eigenvalue weighted by atomic mass is 10.2. The van der Waals surface area contributed by atoms with Crippen LogP contribution in [0.25, 0.3) is 0 Å². The second-order valence-corrected chi connectivity index (χ2v) is 8.86. The van der Waals surface area contributed by atoms with Gasteiger partial charge in [0.2, 0.25) is 0 Å². The monoisotopic (exact) mass is 165 g/mol. The smallest absolute Gasteiger partial charge is 0.0694 e. The molecule has 0 fully saturated rings. The molecule has 0 atom stereocenters. The molecule has 1 aliphatic rings. The number of hydrogen-bond acceptors (Lipinski definition) is 1. The fourth-order valence-electron chi connectivity index (χ4n) is 0.996. The second-order valence-electron chi connectivity index (χ2n) is 3.84. The van der Waals surface area contributed by atoms with Gasteiger partial charge in [0.25, 0.3) is 0 Å². The van der Waals surface area contributed by atoms with E-state index in [9.17, 15) is 0 Å². The molecule has 1 heterocycles. The summed E-state index contributed by atoms with van der Waals surface area (Å²) in [6.45, 7) is 7.01. The van der Waals surface area contributed by atoms with Crippen LogP contribution in [0.5, 0.6) is 0 Å². The summed E-state index contributed by atoms with van der Waals surface area (Å²) in [6, 6.07) is 0. The van der Waals surface area contributed by atoms with Crippen LogP contribution in [-0.4, -0.2) is 8.07 Å². The molecule has 1 nitrogen and oxygen atoms in total. The van der Waals surface area contributed by atoms with Crippen LogP contribution in [-0.2, 0) is 0 Å². The van der Waals surface area contributed by atoms with Crippen molar-refractivity contribution in [2.75, 3.05) is 0 Å². The molecule has 0 aromatic carbocycles. The van der Waals surface area contributed by atoms with Gasteiger partial charge in [-0.05, 0) is 17.7 Å². The van der Waals surface area contributed by atoms with Crippen LogP contribution in [0.4, 0.5) is 0 Å². The maximum Gasteiger partial charge on any atom is 0.0694 e. The quantitative estimate of drug-likeness (QED) is 0.588. The maximum absolute atomic E-state index is 3.01. The standard InChI is InChI=1S/C9H15NSi/c1-11(2,3)8-9-4-6-10-7-5-9/h4-8,10H,1-3H3. The van der Waals surface area contributed by atoms with Gasteiger partial charge in [0.1, 0.15) is 0 Å². The molecule has 60 valence electrons. The minimum atomic E-state index is -1.04. The van der Waals surface area contributed by atoms with Gasteiger partial charge in [0, 0.05) is 12.4 Å². The molecular weight excluding hydrogens is 150 g/mol. The van der Waals surface area contributed by atoms with E-state index in [1.165, 1.54) is 5.57 Å². The SMILES string of the molecule is C[Si](C)(C)C=C1C=CNC=C1. The lowest BCUT2D eigenvalue weighted by molar-refractivity contribution is 1.17. The van der Waals surface area contributed by atoms with Crippen LogP contribution in [0.15, 0.2) is 35.8 Å². The van der Waals surface area contributed by atoms with Crippen molar-refractivity contribution in [1.82, 2.24) is 5.32 Å². The molecule has 11 heavy (non-hydrogen) atoms. The van der Waals surface area contributed by atoms with Crippen molar-refractivity contribution >= 4 is 8.07 Å². The fraction of sp³-hybridized carbons (Fsp3) is 0.333. The van der Waals surface area contributed by atoms with Gasteiger partial charge in [-0.3, -0.25) is 0 Å². The Balaban J connectivity index is 2.73. The highest BCUT2D eigenvalue weighted by molar-refractivity contribution is 6.81. The summed E-state index contributed by atoms with van der Waals surface area (Å²) < 4.78 is 0. The van der Waals surface area contributed by atoms with E-state index in [-0.39, 0.29) is 0 Å². The van der Waals surface area contributed by atoms with E-state index in [2.05, 4.69) is 42.8 Å². The van der Waals surface area contributed by atoms with E-state index in [0.717, 1.165) is 0 Å². The Hall–Kier alpha value is -0.763. The first-order valence-electron chi connectivity index (χ1n) is 3.90. The molecule has 0 unspecified atom stereocenters. The fourth-order valence-corrected chi connectivity index (χ4v) is 2.19. The van der Waals surface area contributed by atoms with Crippen molar-refractivity contribution in [3.8, 4) is 0 Å². The van der Waals surface area contributed by atoms with Crippen LogP contribution in [0.2, 0.25) is 19.6 Å². The third kappa shape index (κ3) is 3.23. The van der Waals surface area contributed by atoms with Gasteiger partial charge < -0.3 is 5.32 Å². The molecule has 0 saturated heterocycles. The molecule has 0 radical (unpaired) electrons. The summed E-state index contributed by atoms with van der Waals surface area (Å²) in [5, 5.41) is 3.01. The summed E-state index contributed by atoms with van der Waals surface area (Å²) in [7, 11) is -1.04. The Morgan fingerprint density at radius 3 is 2.18 bits per heavy atom. The summed E-state index contributed by atoms with van der Waals surface area (Å²) in [4.78, 5) is 0. The van der Waals surface area contributed by atoms with Gasteiger partial charge in [0.15, 0.2) is 0 Å². The van der Waals surface area contributed by atoms with Gasteiger partial charge in [0.05, 0.1) is 8.07 Å². The zero-order valence-electron chi connectivity index (χ0n) is 7.39. The van der Waals surface area contributed by atoms with Crippen molar-refractivity contribution in [1.29, 1.82) is 0 Å². The lowest BCUT2D eigenvalue weighted by Gasteiger charge is -2.11. The van der Waals surface area contributed by atoms with Gasteiger partial charge in [-0.2, -0.15) is 0 Å². The van der Waals surface area contributed by atoms with Crippen molar-refractivity contribution < 1.29 is 0 Å². The zero-order chi connectivity index (χ0) is 8.32. The third-order valence-corrected chi connectivity index (χ3v) is 2.54. The Morgan fingerprint density at radius 1 is 1.18 bits per heavy atom. The number of hydrogen-bond donors (Lipinski definition) is 1. The molecular formula is C9H15NSi. The molecule has 1 N–H and O–H groups in total. The van der Waals surface area contributed by atoms with E-state index in [1.807, 2.05) is 12.4 Å². The van der Waals surface area contributed by atoms with Crippen molar-refractivity contribution in [2.24, 2.45) is 0 Å².